The monoisotopic (exact) mass is 285 g/mol. The Hall–Kier alpha value is -1.40. The van der Waals surface area contributed by atoms with E-state index in [1.807, 2.05) is 30.3 Å². The average molecular weight is 285 g/mol. The molecule has 0 radical (unpaired) electrons. The first kappa shape index (κ1) is 15.7. The third kappa shape index (κ3) is 6.93. The minimum atomic E-state index is -3.31. The van der Waals surface area contributed by atoms with Gasteiger partial charge in [-0.2, -0.15) is 0 Å². The van der Waals surface area contributed by atoms with Crippen molar-refractivity contribution in [2.75, 3.05) is 19.4 Å². The summed E-state index contributed by atoms with van der Waals surface area (Å²) in [5.74, 6) is -0.448. The van der Waals surface area contributed by atoms with Gasteiger partial charge in [-0.1, -0.05) is 30.3 Å². The highest BCUT2D eigenvalue weighted by Gasteiger charge is 2.10. The van der Waals surface area contributed by atoms with Crippen LogP contribution in [-0.2, 0) is 26.0 Å². The molecule has 106 valence electrons. The fraction of sp³-hybridized carbons (Fsp3) is 0.462. The molecule has 0 saturated heterocycles. The van der Waals surface area contributed by atoms with Crippen molar-refractivity contribution in [2.24, 2.45) is 0 Å². The zero-order valence-corrected chi connectivity index (χ0v) is 11.8. The number of carbonyl (C=O) groups is 1. The van der Waals surface area contributed by atoms with Gasteiger partial charge >= 0.3 is 5.97 Å². The van der Waals surface area contributed by atoms with Crippen LogP contribution in [-0.4, -0.2) is 33.8 Å². The molecule has 0 spiro atoms. The van der Waals surface area contributed by atoms with Gasteiger partial charge < -0.3 is 4.74 Å². The first-order chi connectivity index (χ1) is 9.03. The van der Waals surface area contributed by atoms with Crippen LogP contribution in [0.15, 0.2) is 30.3 Å². The van der Waals surface area contributed by atoms with E-state index >= 15 is 0 Å². The molecule has 1 N–H and O–H groups in total. The second kappa shape index (κ2) is 7.91. The molecular formula is C13H19NO4S. The summed E-state index contributed by atoms with van der Waals surface area (Å²) in [5.41, 5.74) is 1.08. The minimum Gasteiger partial charge on any atom is -0.469 e. The van der Waals surface area contributed by atoms with Gasteiger partial charge in [-0.3, -0.25) is 4.79 Å². The summed E-state index contributed by atoms with van der Waals surface area (Å²) in [4.78, 5) is 10.9. The van der Waals surface area contributed by atoms with Crippen LogP contribution in [0.25, 0.3) is 0 Å². The fourth-order valence-corrected chi connectivity index (χ4v) is 2.66. The normalized spacial score (nSPS) is 11.2. The van der Waals surface area contributed by atoms with Crippen molar-refractivity contribution in [3.8, 4) is 0 Å². The van der Waals surface area contributed by atoms with E-state index in [-0.39, 0.29) is 24.6 Å². The first-order valence-electron chi connectivity index (χ1n) is 6.11. The minimum absolute atomic E-state index is 0.0586. The van der Waals surface area contributed by atoms with Crippen LogP contribution in [0.3, 0.4) is 0 Å². The molecular weight excluding hydrogens is 266 g/mol. The summed E-state index contributed by atoms with van der Waals surface area (Å²) >= 11 is 0. The van der Waals surface area contributed by atoms with Crippen LogP contribution < -0.4 is 4.72 Å². The van der Waals surface area contributed by atoms with Crippen molar-refractivity contribution in [3.63, 3.8) is 0 Å². The van der Waals surface area contributed by atoms with E-state index in [9.17, 15) is 13.2 Å². The van der Waals surface area contributed by atoms with Gasteiger partial charge in [-0.15, -0.1) is 0 Å². The Bertz CT molecular complexity index is 485. The predicted octanol–water partition coefficient (Wildman–Crippen LogP) is 1.10. The Balaban J connectivity index is 2.25. The van der Waals surface area contributed by atoms with Crippen molar-refractivity contribution in [2.45, 2.75) is 19.3 Å². The summed E-state index contributed by atoms with van der Waals surface area (Å²) in [7, 11) is -2.03. The predicted molar refractivity (Wildman–Crippen MR) is 73.2 cm³/mol. The Morgan fingerprint density at radius 1 is 1.26 bits per heavy atom. The molecule has 0 saturated carbocycles. The Morgan fingerprint density at radius 2 is 1.95 bits per heavy atom. The van der Waals surface area contributed by atoms with Crippen LogP contribution in [0.4, 0.5) is 0 Å². The highest BCUT2D eigenvalue weighted by Crippen LogP contribution is 2.00. The topological polar surface area (TPSA) is 72.5 Å². The van der Waals surface area contributed by atoms with Crippen molar-refractivity contribution in [1.29, 1.82) is 0 Å². The molecule has 0 bridgehead atoms. The number of nitrogens with one attached hydrogen (secondary N) is 1. The van der Waals surface area contributed by atoms with Gasteiger partial charge in [0.05, 0.1) is 12.9 Å². The first-order valence-corrected chi connectivity index (χ1v) is 7.77. The maximum Gasteiger partial charge on any atom is 0.305 e. The largest absolute Gasteiger partial charge is 0.469 e. The molecule has 1 aromatic rings. The molecule has 0 aliphatic carbocycles. The van der Waals surface area contributed by atoms with E-state index in [1.165, 1.54) is 7.11 Å². The van der Waals surface area contributed by atoms with Gasteiger partial charge in [0.2, 0.25) is 10.0 Å². The maximum absolute atomic E-state index is 11.6. The number of hydrogen-bond donors (Lipinski definition) is 1. The van der Waals surface area contributed by atoms with Gasteiger partial charge in [0.15, 0.2) is 0 Å². The average Bonchev–Trinajstić information content (AvgIpc) is 2.39. The van der Waals surface area contributed by atoms with Crippen LogP contribution >= 0.6 is 0 Å². The van der Waals surface area contributed by atoms with Crippen molar-refractivity contribution < 1.29 is 17.9 Å². The highest BCUT2D eigenvalue weighted by molar-refractivity contribution is 7.89. The van der Waals surface area contributed by atoms with E-state index in [2.05, 4.69) is 9.46 Å². The Morgan fingerprint density at radius 3 is 2.58 bits per heavy atom. The molecule has 0 amide bonds. The molecule has 1 aromatic carbocycles. The number of esters is 1. The second-order valence-corrected chi connectivity index (χ2v) is 6.05. The van der Waals surface area contributed by atoms with Crippen LogP contribution in [0.5, 0.6) is 0 Å². The van der Waals surface area contributed by atoms with E-state index < -0.39 is 10.0 Å². The smallest absolute Gasteiger partial charge is 0.305 e. The molecule has 0 atom stereocenters. The van der Waals surface area contributed by atoms with Gasteiger partial charge in [0, 0.05) is 13.0 Å². The zero-order valence-electron chi connectivity index (χ0n) is 11.0. The number of methoxy groups -OCH3 is 1. The number of rotatable bonds is 8. The highest BCUT2D eigenvalue weighted by atomic mass is 32.2. The van der Waals surface area contributed by atoms with Gasteiger partial charge in [-0.05, 0) is 18.4 Å². The molecule has 0 aromatic heterocycles. The lowest BCUT2D eigenvalue weighted by molar-refractivity contribution is -0.140. The van der Waals surface area contributed by atoms with Crippen LogP contribution in [0.2, 0.25) is 0 Å². The lowest BCUT2D eigenvalue weighted by Crippen LogP contribution is -2.28. The second-order valence-electron chi connectivity index (χ2n) is 4.13. The molecule has 5 nitrogen and oxygen atoms in total. The molecule has 0 aliphatic rings. The van der Waals surface area contributed by atoms with E-state index in [0.29, 0.717) is 13.0 Å². The molecule has 0 aliphatic heterocycles. The quantitative estimate of drug-likeness (QED) is 0.726. The molecule has 1 rings (SSSR count). The third-order valence-corrected chi connectivity index (χ3v) is 4.07. The molecule has 6 heteroatoms. The lowest BCUT2D eigenvalue weighted by atomic mass is 10.2. The maximum atomic E-state index is 11.6. The standard InChI is InChI=1S/C13H19NO4S/c1-18-13(15)8-5-11-19(16,17)14-10-9-12-6-3-2-4-7-12/h2-4,6-7,14H,5,8-11H2,1H3. The van der Waals surface area contributed by atoms with E-state index in [4.69, 9.17) is 0 Å². The molecule has 0 fully saturated rings. The third-order valence-electron chi connectivity index (χ3n) is 2.60. The number of benzene rings is 1. The van der Waals surface area contributed by atoms with E-state index in [0.717, 1.165) is 5.56 Å². The number of hydrogen-bond acceptors (Lipinski definition) is 4. The van der Waals surface area contributed by atoms with Crippen molar-refractivity contribution in [1.82, 2.24) is 4.72 Å². The zero-order chi connectivity index (χ0) is 14.1. The lowest BCUT2D eigenvalue weighted by Gasteiger charge is -2.06. The summed E-state index contributed by atoms with van der Waals surface area (Å²) in [6, 6.07) is 9.65. The SMILES string of the molecule is COC(=O)CCCS(=O)(=O)NCCc1ccccc1. The number of ether oxygens (including phenoxy) is 1. The molecule has 0 unspecified atom stereocenters. The van der Waals surface area contributed by atoms with Crippen molar-refractivity contribution >= 4 is 16.0 Å². The van der Waals surface area contributed by atoms with Crippen LogP contribution in [0.1, 0.15) is 18.4 Å². The number of sulfonamides is 1. The summed E-state index contributed by atoms with van der Waals surface area (Å²) in [5, 5.41) is 0. The molecule has 0 heterocycles. The summed E-state index contributed by atoms with van der Waals surface area (Å²) in [6.07, 6.45) is 1.04. The Labute approximate surface area is 114 Å². The fourth-order valence-electron chi connectivity index (χ4n) is 1.58. The summed E-state index contributed by atoms with van der Waals surface area (Å²) in [6.45, 7) is 0.366. The number of carbonyl (C=O) groups excluding carboxylic acids is 1. The molecule has 19 heavy (non-hydrogen) atoms. The Kier molecular flexibility index (Phi) is 6.52. The van der Waals surface area contributed by atoms with Crippen molar-refractivity contribution in [3.05, 3.63) is 35.9 Å². The summed E-state index contributed by atoms with van der Waals surface area (Å²) < 4.78 is 30.2. The van der Waals surface area contributed by atoms with Gasteiger partial charge in [0.25, 0.3) is 0 Å². The van der Waals surface area contributed by atoms with E-state index in [1.54, 1.807) is 0 Å². The van der Waals surface area contributed by atoms with Gasteiger partial charge in [-0.25, -0.2) is 13.1 Å². The van der Waals surface area contributed by atoms with Gasteiger partial charge in [0.1, 0.15) is 0 Å². The van der Waals surface area contributed by atoms with Crippen LogP contribution in [0, 0.1) is 0 Å².